The van der Waals surface area contributed by atoms with Gasteiger partial charge in [-0.3, -0.25) is 0 Å². The van der Waals surface area contributed by atoms with Crippen LogP contribution in [-0.4, -0.2) is 30.3 Å². The zero-order valence-corrected chi connectivity index (χ0v) is 14.4. The third kappa shape index (κ3) is 4.37. The van der Waals surface area contributed by atoms with E-state index < -0.39 is 18.2 Å². The number of ether oxygens (including phenoxy) is 2. The fraction of sp³-hybridized carbons (Fsp3) is 0.474. The number of amides is 2. The third-order valence-corrected chi connectivity index (χ3v) is 3.89. The Bertz CT molecular complexity index is 575. The lowest BCUT2D eigenvalue weighted by molar-refractivity contribution is 0.0676. The maximum absolute atomic E-state index is 12.5. The van der Waals surface area contributed by atoms with E-state index in [9.17, 15) is 9.59 Å². The Labute approximate surface area is 143 Å². The molecule has 5 heteroatoms. The number of unbranched alkanes of at least 4 members (excludes halogenated alkanes) is 2. The molecule has 1 aromatic carbocycles. The number of fused-ring (bicyclic) bond motifs is 1. The summed E-state index contributed by atoms with van der Waals surface area (Å²) in [5, 5.41) is 0. The number of benzene rings is 1. The lowest BCUT2D eigenvalue weighted by Gasteiger charge is -2.25. The summed E-state index contributed by atoms with van der Waals surface area (Å²) in [6.07, 6.45) is 5.79. The topological polar surface area (TPSA) is 55.8 Å². The molecule has 0 fully saturated rings. The maximum Gasteiger partial charge on any atom is 0.420 e. The largest absolute Gasteiger partial charge is 0.449 e. The Kier molecular flexibility index (Phi) is 6.85. The van der Waals surface area contributed by atoms with E-state index in [0.717, 1.165) is 41.7 Å². The van der Waals surface area contributed by atoms with Crippen LogP contribution in [0.2, 0.25) is 0 Å². The van der Waals surface area contributed by atoms with E-state index in [1.807, 2.05) is 50.3 Å². The lowest BCUT2D eigenvalue weighted by atomic mass is 10.1. The van der Waals surface area contributed by atoms with E-state index in [0.29, 0.717) is 13.2 Å². The van der Waals surface area contributed by atoms with Crippen LogP contribution in [0.4, 0.5) is 9.59 Å². The number of nitrogens with zero attached hydrogens (tertiary/aromatic N) is 1. The first-order valence-corrected chi connectivity index (χ1v) is 8.58. The van der Waals surface area contributed by atoms with Crippen LogP contribution >= 0.6 is 0 Å². The lowest BCUT2D eigenvalue weighted by Crippen LogP contribution is -2.40. The second kappa shape index (κ2) is 9.11. The van der Waals surface area contributed by atoms with Gasteiger partial charge in [-0.1, -0.05) is 63.1 Å². The number of imide groups is 1. The van der Waals surface area contributed by atoms with Crippen LogP contribution in [-0.2, 0) is 9.47 Å². The quantitative estimate of drug-likeness (QED) is 0.665. The first kappa shape index (κ1) is 18.0. The van der Waals surface area contributed by atoms with Gasteiger partial charge in [0.25, 0.3) is 0 Å². The molecule has 2 amide bonds. The minimum atomic E-state index is -0.656. The van der Waals surface area contributed by atoms with Gasteiger partial charge >= 0.3 is 12.2 Å². The summed E-state index contributed by atoms with van der Waals surface area (Å²) in [6.45, 7) is 4.62. The number of hydrogen-bond donors (Lipinski definition) is 0. The molecule has 1 atom stereocenters. The summed E-state index contributed by atoms with van der Waals surface area (Å²) in [6, 6.07) is 7.20. The summed E-state index contributed by atoms with van der Waals surface area (Å²) in [4.78, 5) is 26.0. The highest BCUT2D eigenvalue weighted by molar-refractivity contribution is 5.89. The van der Waals surface area contributed by atoms with Gasteiger partial charge in [0.1, 0.15) is 0 Å². The highest BCUT2D eigenvalue weighted by Gasteiger charge is 2.35. The molecule has 0 radical (unpaired) electrons. The molecule has 130 valence electrons. The van der Waals surface area contributed by atoms with Crippen LogP contribution in [0.25, 0.3) is 6.08 Å². The van der Waals surface area contributed by atoms with E-state index in [-0.39, 0.29) is 0 Å². The van der Waals surface area contributed by atoms with Gasteiger partial charge in [-0.2, -0.15) is 0 Å². The Balaban J connectivity index is 2.15. The molecule has 0 spiro atoms. The average molecular weight is 331 g/mol. The Hall–Kier alpha value is -2.30. The van der Waals surface area contributed by atoms with E-state index in [2.05, 4.69) is 0 Å². The van der Waals surface area contributed by atoms with Crippen LogP contribution in [0, 0.1) is 0 Å². The van der Waals surface area contributed by atoms with Gasteiger partial charge in [-0.15, -0.1) is 0 Å². The van der Waals surface area contributed by atoms with Crippen molar-refractivity contribution in [3.05, 3.63) is 41.5 Å². The van der Waals surface area contributed by atoms with Gasteiger partial charge in [-0.05, 0) is 24.0 Å². The third-order valence-electron chi connectivity index (χ3n) is 3.89. The van der Waals surface area contributed by atoms with Crippen LogP contribution < -0.4 is 0 Å². The number of hydrogen-bond acceptors (Lipinski definition) is 4. The van der Waals surface area contributed by atoms with Crippen LogP contribution in [0.15, 0.2) is 30.3 Å². The van der Waals surface area contributed by atoms with Crippen molar-refractivity contribution in [1.82, 2.24) is 4.90 Å². The number of carbonyl (C=O) groups is 2. The molecule has 0 aliphatic heterocycles. The van der Waals surface area contributed by atoms with Crippen LogP contribution in [0.1, 0.15) is 56.7 Å². The summed E-state index contributed by atoms with van der Waals surface area (Å²) in [5.41, 5.74) is 1.90. The summed E-state index contributed by atoms with van der Waals surface area (Å²) in [7, 11) is 0. The fourth-order valence-electron chi connectivity index (χ4n) is 2.50. The molecule has 0 aromatic heterocycles. The first-order chi connectivity index (χ1) is 11.7. The number of carbonyl (C=O) groups excluding carboxylic acids is 2. The molecule has 24 heavy (non-hydrogen) atoms. The molecule has 0 heterocycles. The van der Waals surface area contributed by atoms with Gasteiger partial charge in [0.05, 0.1) is 19.3 Å². The molecule has 1 aliphatic rings. The highest BCUT2D eigenvalue weighted by Crippen LogP contribution is 2.33. The average Bonchev–Trinajstić information content (AvgIpc) is 3.00. The normalized spacial score (nSPS) is 15.0. The van der Waals surface area contributed by atoms with Crippen LogP contribution in [0.3, 0.4) is 0 Å². The first-order valence-electron chi connectivity index (χ1n) is 8.58. The summed E-state index contributed by atoms with van der Waals surface area (Å²) >= 11 is 0. The van der Waals surface area contributed by atoms with Crippen molar-refractivity contribution >= 4 is 18.3 Å². The molecular weight excluding hydrogens is 306 g/mol. The molecule has 1 aliphatic carbocycles. The Morgan fingerprint density at radius 2 is 1.58 bits per heavy atom. The second-order valence-electron chi connectivity index (χ2n) is 5.74. The van der Waals surface area contributed by atoms with Gasteiger partial charge in [0, 0.05) is 0 Å². The van der Waals surface area contributed by atoms with Gasteiger partial charge < -0.3 is 9.47 Å². The minimum Gasteiger partial charge on any atom is -0.449 e. The molecule has 0 N–H and O–H groups in total. The van der Waals surface area contributed by atoms with Crippen molar-refractivity contribution in [3.8, 4) is 0 Å². The second-order valence-corrected chi connectivity index (χ2v) is 5.74. The monoisotopic (exact) mass is 331 g/mol. The van der Waals surface area contributed by atoms with Crippen molar-refractivity contribution in [1.29, 1.82) is 0 Å². The van der Waals surface area contributed by atoms with Crippen molar-refractivity contribution < 1.29 is 19.1 Å². The van der Waals surface area contributed by atoms with E-state index in [1.165, 1.54) is 0 Å². The molecule has 0 bridgehead atoms. The van der Waals surface area contributed by atoms with Crippen molar-refractivity contribution in [3.63, 3.8) is 0 Å². The predicted octanol–water partition coefficient (Wildman–Crippen LogP) is 4.93. The summed E-state index contributed by atoms with van der Waals surface area (Å²) < 4.78 is 10.5. The summed E-state index contributed by atoms with van der Waals surface area (Å²) in [5.74, 6) is 0. The number of rotatable bonds is 7. The van der Waals surface area contributed by atoms with Crippen molar-refractivity contribution in [2.24, 2.45) is 0 Å². The Morgan fingerprint density at radius 3 is 2.17 bits per heavy atom. The molecule has 0 saturated heterocycles. The van der Waals surface area contributed by atoms with E-state index in [4.69, 9.17) is 9.47 Å². The predicted molar refractivity (Wildman–Crippen MR) is 92.6 cm³/mol. The maximum atomic E-state index is 12.5. The SMILES string of the molecule is CCCCOC(=O)N(C(=O)OCCCC)C1C=Cc2ccccc21. The molecule has 1 unspecified atom stereocenters. The molecule has 2 rings (SSSR count). The minimum absolute atomic E-state index is 0.298. The molecule has 5 nitrogen and oxygen atoms in total. The zero-order valence-electron chi connectivity index (χ0n) is 14.4. The zero-order chi connectivity index (χ0) is 17.4. The van der Waals surface area contributed by atoms with E-state index >= 15 is 0 Å². The highest BCUT2D eigenvalue weighted by atomic mass is 16.6. The smallest absolute Gasteiger partial charge is 0.420 e. The van der Waals surface area contributed by atoms with Gasteiger partial charge in [-0.25, -0.2) is 14.5 Å². The molecule has 1 aromatic rings. The molecular formula is C19H25NO4. The van der Waals surface area contributed by atoms with Gasteiger partial charge in [0.2, 0.25) is 0 Å². The Morgan fingerprint density at radius 1 is 1.00 bits per heavy atom. The van der Waals surface area contributed by atoms with E-state index in [1.54, 1.807) is 0 Å². The standard InChI is InChI=1S/C19H25NO4/c1-3-5-13-23-18(21)20(19(22)24-14-6-4-2)17-12-11-15-9-7-8-10-16(15)17/h7-12,17H,3-6,13-14H2,1-2H3. The fourth-order valence-corrected chi connectivity index (χ4v) is 2.50. The van der Waals surface area contributed by atoms with Crippen molar-refractivity contribution in [2.45, 2.75) is 45.6 Å². The van der Waals surface area contributed by atoms with Crippen molar-refractivity contribution in [2.75, 3.05) is 13.2 Å². The van der Waals surface area contributed by atoms with Gasteiger partial charge in [0.15, 0.2) is 0 Å². The van der Waals surface area contributed by atoms with Crippen LogP contribution in [0.5, 0.6) is 0 Å². The molecule has 0 saturated carbocycles.